The Balaban J connectivity index is 1.67. The van der Waals surface area contributed by atoms with Gasteiger partial charge in [-0.2, -0.15) is 14.9 Å². The van der Waals surface area contributed by atoms with Crippen molar-refractivity contribution in [3.8, 4) is 5.75 Å². The number of rotatable bonds is 6. The number of benzene rings is 1. The molecule has 0 saturated carbocycles. The highest BCUT2D eigenvalue weighted by Gasteiger charge is 2.05. The summed E-state index contributed by atoms with van der Waals surface area (Å²) in [5, 5.41) is 11.1. The smallest absolute Gasteiger partial charge is 0.216 e. The highest BCUT2D eigenvalue weighted by atomic mass is 32.1. The Hall–Kier alpha value is -2.67. The van der Waals surface area contributed by atoms with Gasteiger partial charge in [0.05, 0.1) is 6.21 Å². The molecule has 7 heteroatoms. The maximum absolute atomic E-state index is 5.77. The van der Waals surface area contributed by atoms with Crippen molar-refractivity contribution >= 4 is 18.4 Å². The van der Waals surface area contributed by atoms with E-state index in [1.54, 1.807) is 10.9 Å². The number of ether oxygens (including phenoxy) is 1. The Kier molecular flexibility index (Phi) is 4.90. The first-order valence-electron chi connectivity index (χ1n) is 7.65. The van der Waals surface area contributed by atoms with Crippen LogP contribution in [0.3, 0.4) is 0 Å². The van der Waals surface area contributed by atoms with Gasteiger partial charge in [0.15, 0.2) is 5.82 Å². The third-order valence-corrected chi connectivity index (χ3v) is 3.74. The van der Waals surface area contributed by atoms with Gasteiger partial charge in [-0.15, -0.1) is 0 Å². The van der Waals surface area contributed by atoms with Crippen LogP contribution in [0.15, 0.2) is 45.9 Å². The highest BCUT2D eigenvalue weighted by Crippen LogP contribution is 2.18. The molecule has 0 atom stereocenters. The maximum atomic E-state index is 5.77. The van der Waals surface area contributed by atoms with Gasteiger partial charge < -0.3 is 9.15 Å². The van der Waals surface area contributed by atoms with E-state index < -0.39 is 0 Å². The third-order valence-electron chi connectivity index (χ3n) is 3.48. The lowest BCUT2D eigenvalue weighted by atomic mass is 10.2. The summed E-state index contributed by atoms with van der Waals surface area (Å²) >= 11 is 5.15. The van der Waals surface area contributed by atoms with E-state index >= 15 is 0 Å². The van der Waals surface area contributed by atoms with Crippen LogP contribution in [-0.4, -0.2) is 21.1 Å². The van der Waals surface area contributed by atoms with Crippen molar-refractivity contribution < 1.29 is 9.15 Å². The molecular formula is C17H18N4O2S. The number of H-pyrrole nitrogens is 1. The lowest BCUT2D eigenvalue weighted by molar-refractivity contribution is 0.268. The third kappa shape index (κ3) is 3.62. The SMILES string of the molecule is CCc1n[nH]c(=S)n1/N=C\c1ccc(COc2ccccc2C)o1. The van der Waals surface area contributed by atoms with Crippen LogP contribution >= 0.6 is 12.2 Å². The van der Waals surface area contributed by atoms with Crippen LogP contribution in [0, 0.1) is 11.7 Å². The van der Waals surface area contributed by atoms with E-state index in [1.165, 1.54) is 0 Å². The van der Waals surface area contributed by atoms with Crippen molar-refractivity contribution in [3.05, 3.63) is 64.1 Å². The zero-order valence-electron chi connectivity index (χ0n) is 13.5. The summed E-state index contributed by atoms with van der Waals surface area (Å²) in [6.07, 6.45) is 2.35. The van der Waals surface area contributed by atoms with Gasteiger partial charge in [0.25, 0.3) is 0 Å². The summed E-state index contributed by atoms with van der Waals surface area (Å²) in [6, 6.07) is 11.6. The van der Waals surface area contributed by atoms with E-state index in [-0.39, 0.29) is 0 Å². The molecule has 0 saturated heterocycles. The molecule has 0 aliphatic heterocycles. The molecule has 1 N–H and O–H groups in total. The Morgan fingerprint density at radius 3 is 2.96 bits per heavy atom. The van der Waals surface area contributed by atoms with Crippen molar-refractivity contribution in [2.45, 2.75) is 26.9 Å². The summed E-state index contributed by atoms with van der Waals surface area (Å²) in [7, 11) is 0. The Morgan fingerprint density at radius 2 is 2.17 bits per heavy atom. The van der Waals surface area contributed by atoms with Gasteiger partial charge in [-0.05, 0) is 42.9 Å². The van der Waals surface area contributed by atoms with E-state index in [2.05, 4.69) is 15.3 Å². The standard InChI is InChI=1S/C17H18N4O2S/c1-3-16-19-20-17(24)21(16)18-10-13-8-9-14(23-13)11-22-15-7-5-4-6-12(15)2/h4-10H,3,11H2,1-2H3,(H,20,24)/b18-10-. The van der Waals surface area contributed by atoms with Crippen LogP contribution in [0.5, 0.6) is 5.75 Å². The zero-order chi connectivity index (χ0) is 16.9. The molecule has 124 valence electrons. The molecule has 0 spiro atoms. The molecule has 0 fully saturated rings. The number of nitrogens with one attached hydrogen (secondary N) is 1. The van der Waals surface area contributed by atoms with Gasteiger partial charge >= 0.3 is 0 Å². The molecule has 0 aliphatic rings. The van der Waals surface area contributed by atoms with Crippen molar-refractivity contribution in [2.24, 2.45) is 5.10 Å². The molecule has 3 aromatic rings. The number of para-hydroxylation sites is 1. The molecular weight excluding hydrogens is 324 g/mol. The number of hydrogen-bond donors (Lipinski definition) is 1. The van der Waals surface area contributed by atoms with Crippen molar-refractivity contribution in [1.82, 2.24) is 14.9 Å². The van der Waals surface area contributed by atoms with E-state index in [9.17, 15) is 0 Å². The van der Waals surface area contributed by atoms with Gasteiger partial charge in [0.1, 0.15) is 23.9 Å². The maximum Gasteiger partial charge on any atom is 0.216 e. The summed E-state index contributed by atoms with van der Waals surface area (Å²) in [4.78, 5) is 0. The Bertz CT molecular complexity index is 907. The lowest BCUT2D eigenvalue weighted by Crippen LogP contribution is -1.97. The molecule has 6 nitrogen and oxygen atoms in total. The van der Waals surface area contributed by atoms with Gasteiger partial charge in [-0.3, -0.25) is 5.10 Å². The van der Waals surface area contributed by atoms with Gasteiger partial charge in [-0.1, -0.05) is 25.1 Å². The largest absolute Gasteiger partial charge is 0.485 e. The molecule has 2 heterocycles. The van der Waals surface area contributed by atoms with Crippen LogP contribution in [0.25, 0.3) is 0 Å². The number of furan rings is 1. The normalized spacial score (nSPS) is 11.2. The van der Waals surface area contributed by atoms with E-state index in [0.29, 0.717) is 17.1 Å². The Morgan fingerprint density at radius 1 is 1.33 bits per heavy atom. The molecule has 1 aromatic carbocycles. The first-order valence-corrected chi connectivity index (χ1v) is 8.06. The molecule has 2 aromatic heterocycles. The minimum atomic E-state index is 0.365. The second-order valence-corrected chi connectivity index (χ2v) is 5.60. The minimum Gasteiger partial charge on any atom is -0.485 e. The molecule has 0 bridgehead atoms. The second-order valence-electron chi connectivity index (χ2n) is 5.21. The predicted molar refractivity (Wildman–Crippen MR) is 94.0 cm³/mol. The van der Waals surface area contributed by atoms with Crippen molar-refractivity contribution in [2.75, 3.05) is 0 Å². The summed E-state index contributed by atoms with van der Waals surface area (Å²) in [5.74, 6) is 2.97. The predicted octanol–water partition coefficient (Wildman–Crippen LogP) is 3.87. The minimum absolute atomic E-state index is 0.365. The van der Waals surface area contributed by atoms with Gasteiger partial charge in [0.2, 0.25) is 4.77 Å². The number of aromatic amines is 1. The molecule has 0 amide bonds. The first-order chi connectivity index (χ1) is 11.7. The molecule has 3 rings (SSSR count). The molecule has 0 unspecified atom stereocenters. The lowest BCUT2D eigenvalue weighted by Gasteiger charge is -2.06. The number of hydrogen-bond acceptors (Lipinski definition) is 5. The monoisotopic (exact) mass is 342 g/mol. The summed E-state index contributed by atoms with van der Waals surface area (Å²) in [6.45, 7) is 4.37. The second kappa shape index (κ2) is 7.27. The fourth-order valence-corrected chi connectivity index (χ4v) is 2.39. The van der Waals surface area contributed by atoms with Gasteiger partial charge in [-0.25, -0.2) is 0 Å². The average molecular weight is 342 g/mol. The average Bonchev–Trinajstić information content (AvgIpc) is 3.18. The van der Waals surface area contributed by atoms with Crippen molar-refractivity contribution in [1.29, 1.82) is 0 Å². The van der Waals surface area contributed by atoms with Gasteiger partial charge in [0, 0.05) is 6.42 Å². The van der Waals surface area contributed by atoms with Crippen LogP contribution < -0.4 is 4.74 Å². The first kappa shape index (κ1) is 16.2. The fraction of sp³-hybridized carbons (Fsp3) is 0.235. The Labute approximate surface area is 144 Å². The number of aryl methyl sites for hydroxylation is 2. The fourth-order valence-electron chi connectivity index (χ4n) is 2.20. The molecule has 0 radical (unpaired) electrons. The van der Waals surface area contributed by atoms with Crippen LogP contribution in [0.2, 0.25) is 0 Å². The molecule has 0 aliphatic carbocycles. The van der Waals surface area contributed by atoms with Crippen LogP contribution in [0.4, 0.5) is 0 Å². The van der Waals surface area contributed by atoms with Crippen LogP contribution in [-0.2, 0) is 13.0 Å². The summed E-state index contributed by atoms with van der Waals surface area (Å²) < 4.78 is 13.5. The van der Waals surface area contributed by atoms with E-state index in [4.69, 9.17) is 21.4 Å². The van der Waals surface area contributed by atoms with E-state index in [0.717, 1.165) is 29.3 Å². The topological polar surface area (TPSA) is 68.3 Å². The quantitative estimate of drug-likeness (QED) is 0.545. The van der Waals surface area contributed by atoms with E-state index in [1.807, 2.05) is 50.2 Å². The summed E-state index contributed by atoms with van der Waals surface area (Å²) in [5.41, 5.74) is 1.09. The molecule has 24 heavy (non-hydrogen) atoms. The van der Waals surface area contributed by atoms with Crippen LogP contribution in [0.1, 0.15) is 29.8 Å². The highest BCUT2D eigenvalue weighted by molar-refractivity contribution is 7.71. The van der Waals surface area contributed by atoms with Crippen molar-refractivity contribution in [3.63, 3.8) is 0 Å². The zero-order valence-corrected chi connectivity index (χ0v) is 14.3. The number of nitrogens with zero attached hydrogens (tertiary/aromatic N) is 3. The number of aromatic nitrogens is 3.